The highest BCUT2D eigenvalue weighted by Gasteiger charge is 2.38. The monoisotopic (exact) mass is 415 g/mol. The summed E-state index contributed by atoms with van der Waals surface area (Å²) in [5.74, 6) is 1.26. The third kappa shape index (κ3) is 3.39. The van der Waals surface area contributed by atoms with Gasteiger partial charge in [0.15, 0.2) is 0 Å². The molecular weight excluding hydrogens is 397 g/mol. The second kappa shape index (κ2) is 7.64. The summed E-state index contributed by atoms with van der Waals surface area (Å²) < 4.78 is 38.7. The number of rotatable bonds is 5. The Balaban J connectivity index is 2.07. The van der Waals surface area contributed by atoms with Crippen molar-refractivity contribution in [1.82, 2.24) is 4.31 Å². The van der Waals surface area contributed by atoms with Crippen LogP contribution in [0.1, 0.15) is 24.4 Å². The maximum absolute atomic E-state index is 13.3. The fourth-order valence-electron chi connectivity index (χ4n) is 3.25. The first-order valence-corrected chi connectivity index (χ1v) is 10.3. The van der Waals surface area contributed by atoms with Gasteiger partial charge in [-0.2, -0.15) is 4.31 Å². The average molecular weight is 416 g/mol. The quantitative estimate of drug-likeness (QED) is 0.719. The third-order valence-corrected chi connectivity index (χ3v) is 7.38. The van der Waals surface area contributed by atoms with E-state index in [9.17, 15) is 8.42 Å². The second-order valence-corrected chi connectivity index (χ2v) is 8.58. The van der Waals surface area contributed by atoms with Gasteiger partial charge in [-0.3, -0.25) is 0 Å². The highest BCUT2D eigenvalue weighted by molar-refractivity contribution is 7.89. The molecule has 5 nitrogen and oxygen atoms in total. The highest BCUT2D eigenvalue weighted by atomic mass is 35.5. The van der Waals surface area contributed by atoms with Crippen molar-refractivity contribution >= 4 is 33.2 Å². The standard InChI is InChI=1S/C18H19Cl2NO4S/c1-24-12-8-9-16(25-2)13(11-12)15-6-4-10-21(15)26(22,23)17-7-3-5-14(19)18(17)20/h3,5,7-9,11,15H,4,6,10H2,1-2H3/t15-/m1/s1. The van der Waals surface area contributed by atoms with Crippen molar-refractivity contribution in [3.63, 3.8) is 0 Å². The van der Waals surface area contributed by atoms with Gasteiger partial charge in [-0.05, 0) is 43.2 Å². The van der Waals surface area contributed by atoms with Crippen molar-refractivity contribution in [1.29, 1.82) is 0 Å². The Bertz CT molecular complexity index is 917. The number of ether oxygens (including phenoxy) is 2. The fourth-order valence-corrected chi connectivity index (χ4v) is 5.66. The largest absolute Gasteiger partial charge is 0.497 e. The Morgan fingerprint density at radius 3 is 2.58 bits per heavy atom. The van der Waals surface area contributed by atoms with E-state index in [1.807, 2.05) is 6.07 Å². The van der Waals surface area contributed by atoms with Gasteiger partial charge < -0.3 is 9.47 Å². The zero-order chi connectivity index (χ0) is 18.9. The maximum atomic E-state index is 13.3. The van der Waals surface area contributed by atoms with E-state index in [1.54, 1.807) is 38.5 Å². The minimum atomic E-state index is -3.81. The summed E-state index contributed by atoms with van der Waals surface area (Å²) in [6.07, 6.45) is 1.42. The average Bonchev–Trinajstić information content (AvgIpc) is 3.13. The first-order valence-electron chi connectivity index (χ1n) is 8.08. The first-order chi connectivity index (χ1) is 12.4. The zero-order valence-corrected chi connectivity index (χ0v) is 16.7. The molecule has 0 bridgehead atoms. The van der Waals surface area contributed by atoms with Crippen LogP contribution >= 0.6 is 23.2 Å². The van der Waals surface area contributed by atoms with E-state index in [4.69, 9.17) is 32.7 Å². The topological polar surface area (TPSA) is 55.8 Å². The lowest BCUT2D eigenvalue weighted by atomic mass is 10.0. The van der Waals surface area contributed by atoms with E-state index >= 15 is 0 Å². The van der Waals surface area contributed by atoms with Gasteiger partial charge >= 0.3 is 0 Å². The van der Waals surface area contributed by atoms with Crippen LogP contribution < -0.4 is 9.47 Å². The Morgan fingerprint density at radius 1 is 1.12 bits per heavy atom. The van der Waals surface area contributed by atoms with Gasteiger partial charge in [0.25, 0.3) is 0 Å². The summed E-state index contributed by atoms with van der Waals surface area (Å²) in [6, 6.07) is 9.64. The normalized spacial score (nSPS) is 18.1. The molecule has 0 amide bonds. The summed E-state index contributed by atoms with van der Waals surface area (Å²) in [7, 11) is -0.681. The van der Waals surface area contributed by atoms with Gasteiger partial charge in [0.2, 0.25) is 10.0 Å². The molecule has 0 N–H and O–H groups in total. The van der Waals surface area contributed by atoms with E-state index in [2.05, 4.69) is 0 Å². The van der Waals surface area contributed by atoms with E-state index < -0.39 is 10.0 Å². The SMILES string of the molecule is COc1ccc(OC)c([C@H]2CCCN2S(=O)(=O)c2cccc(Cl)c2Cl)c1. The van der Waals surface area contributed by atoms with Crippen LogP contribution in [0.3, 0.4) is 0 Å². The predicted molar refractivity (Wildman–Crippen MR) is 102 cm³/mol. The van der Waals surface area contributed by atoms with Crippen molar-refractivity contribution in [2.24, 2.45) is 0 Å². The van der Waals surface area contributed by atoms with Crippen molar-refractivity contribution in [3.8, 4) is 11.5 Å². The van der Waals surface area contributed by atoms with Gasteiger partial charge in [-0.1, -0.05) is 29.3 Å². The number of nitrogens with zero attached hydrogens (tertiary/aromatic N) is 1. The molecule has 0 unspecified atom stereocenters. The first kappa shape index (κ1) is 19.3. The fraction of sp³-hybridized carbons (Fsp3) is 0.333. The molecule has 140 valence electrons. The summed E-state index contributed by atoms with van der Waals surface area (Å²) in [5, 5.41) is 0.250. The Kier molecular flexibility index (Phi) is 5.67. The molecule has 0 radical (unpaired) electrons. The van der Waals surface area contributed by atoms with Crippen LogP contribution in [0.4, 0.5) is 0 Å². The van der Waals surface area contributed by atoms with Crippen LogP contribution in [0, 0.1) is 0 Å². The van der Waals surface area contributed by atoms with E-state index in [1.165, 1.54) is 10.4 Å². The molecule has 8 heteroatoms. The Labute approximate surface area is 163 Å². The lowest BCUT2D eigenvalue weighted by Crippen LogP contribution is -2.31. The number of methoxy groups -OCH3 is 2. The highest BCUT2D eigenvalue weighted by Crippen LogP contribution is 2.43. The molecule has 0 spiro atoms. The molecule has 1 heterocycles. The van der Waals surface area contributed by atoms with E-state index in [0.29, 0.717) is 24.5 Å². The zero-order valence-electron chi connectivity index (χ0n) is 14.4. The molecule has 1 atom stereocenters. The minimum absolute atomic E-state index is 0.0143. The van der Waals surface area contributed by atoms with E-state index in [0.717, 1.165) is 12.0 Å². The minimum Gasteiger partial charge on any atom is -0.497 e. The predicted octanol–water partition coefficient (Wildman–Crippen LogP) is 4.54. The molecule has 0 aromatic heterocycles. The Hall–Kier alpha value is -1.47. The molecule has 2 aromatic carbocycles. The molecule has 1 saturated heterocycles. The molecule has 0 aliphatic carbocycles. The van der Waals surface area contributed by atoms with Gasteiger partial charge in [-0.25, -0.2) is 8.42 Å². The van der Waals surface area contributed by atoms with Crippen LogP contribution in [0.15, 0.2) is 41.3 Å². The third-order valence-electron chi connectivity index (χ3n) is 4.50. The van der Waals surface area contributed by atoms with E-state index in [-0.39, 0.29) is 21.0 Å². The van der Waals surface area contributed by atoms with Crippen molar-refractivity contribution in [2.75, 3.05) is 20.8 Å². The molecule has 0 saturated carbocycles. The summed E-state index contributed by atoms with van der Waals surface area (Å²) in [4.78, 5) is 0.0143. The van der Waals surface area contributed by atoms with Gasteiger partial charge in [0.1, 0.15) is 16.4 Å². The second-order valence-electron chi connectivity index (χ2n) is 5.93. The molecule has 26 heavy (non-hydrogen) atoms. The molecule has 1 fully saturated rings. The van der Waals surface area contributed by atoms with Crippen LogP contribution in [-0.2, 0) is 10.0 Å². The number of hydrogen-bond acceptors (Lipinski definition) is 4. The van der Waals surface area contributed by atoms with Crippen molar-refractivity contribution < 1.29 is 17.9 Å². The smallest absolute Gasteiger partial charge is 0.245 e. The lowest BCUT2D eigenvalue weighted by molar-refractivity contribution is 0.361. The van der Waals surface area contributed by atoms with Gasteiger partial charge in [0.05, 0.1) is 30.3 Å². The molecule has 1 aliphatic heterocycles. The Morgan fingerprint density at radius 2 is 1.88 bits per heavy atom. The van der Waals surface area contributed by atoms with Crippen LogP contribution in [0.2, 0.25) is 10.0 Å². The molecular formula is C18H19Cl2NO4S. The molecule has 2 aromatic rings. The number of sulfonamides is 1. The molecule has 1 aliphatic rings. The van der Waals surface area contributed by atoms with Gasteiger partial charge in [0, 0.05) is 12.1 Å². The number of hydrogen-bond donors (Lipinski definition) is 0. The number of halogens is 2. The maximum Gasteiger partial charge on any atom is 0.245 e. The van der Waals surface area contributed by atoms with Gasteiger partial charge in [-0.15, -0.1) is 0 Å². The summed E-state index contributed by atoms with van der Waals surface area (Å²) >= 11 is 12.2. The van der Waals surface area contributed by atoms with Crippen LogP contribution in [-0.4, -0.2) is 33.5 Å². The van der Waals surface area contributed by atoms with Crippen LogP contribution in [0.5, 0.6) is 11.5 Å². The van der Waals surface area contributed by atoms with Crippen molar-refractivity contribution in [3.05, 3.63) is 52.0 Å². The van der Waals surface area contributed by atoms with Crippen LogP contribution in [0.25, 0.3) is 0 Å². The lowest BCUT2D eigenvalue weighted by Gasteiger charge is -2.26. The summed E-state index contributed by atoms with van der Waals surface area (Å²) in [6.45, 7) is 0.399. The number of benzene rings is 2. The summed E-state index contributed by atoms with van der Waals surface area (Å²) in [5.41, 5.74) is 0.770. The van der Waals surface area contributed by atoms with Crippen molar-refractivity contribution in [2.45, 2.75) is 23.8 Å². The molecule has 3 rings (SSSR count).